The second kappa shape index (κ2) is 13.6. The third kappa shape index (κ3) is 8.19. The van der Waals surface area contributed by atoms with Crippen molar-refractivity contribution in [1.82, 2.24) is 30.7 Å². The Morgan fingerprint density at radius 1 is 0.842 bits per heavy atom. The highest BCUT2D eigenvalue weighted by Crippen LogP contribution is 2.12. The summed E-state index contributed by atoms with van der Waals surface area (Å²) in [4.78, 5) is 28.4. The minimum Gasteiger partial charge on any atom is -0.349 e. The van der Waals surface area contributed by atoms with E-state index in [4.69, 9.17) is 20.0 Å². The molecule has 4 rings (SSSR count). The molecule has 0 fully saturated rings. The first-order valence-corrected chi connectivity index (χ1v) is 14.8. The van der Waals surface area contributed by atoms with Crippen molar-refractivity contribution in [2.75, 3.05) is 54.0 Å². The lowest BCUT2D eigenvalue weighted by molar-refractivity contribution is 0.400. The fraction of sp³-hybridized carbons (Fsp3) is 0.538. The molecule has 2 unspecified atom stereocenters. The smallest absolute Gasteiger partial charge is 0.202 e. The van der Waals surface area contributed by atoms with Crippen LogP contribution in [0.2, 0.25) is 0 Å². The molecule has 2 aliphatic heterocycles. The van der Waals surface area contributed by atoms with Crippen molar-refractivity contribution in [1.29, 1.82) is 0 Å². The monoisotopic (exact) mass is 556 g/mol. The van der Waals surface area contributed by atoms with Crippen LogP contribution in [0.15, 0.2) is 55.0 Å². The van der Waals surface area contributed by atoms with Crippen molar-refractivity contribution in [3.63, 3.8) is 0 Å². The Bertz CT molecular complexity index is 1120. The molecule has 2 atom stereocenters. The third-order valence-electron chi connectivity index (χ3n) is 6.16. The maximum absolute atomic E-state index is 4.96. The molecule has 4 heterocycles. The van der Waals surface area contributed by atoms with Gasteiger partial charge in [-0.25, -0.2) is 9.98 Å². The zero-order valence-corrected chi connectivity index (χ0v) is 24.6. The molecule has 10 nitrogen and oxygen atoms in total. The van der Waals surface area contributed by atoms with Gasteiger partial charge in [0, 0.05) is 44.0 Å². The summed E-state index contributed by atoms with van der Waals surface area (Å²) in [5.74, 6) is 3.19. The summed E-state index contributed by atoms with van der Waals surface area (Å²) in [6, 6.07) is 8.75. The normalized spacial score (nSPS) is 19.5. The van der Waals surface area contributed by atoms with E-state index in [9.17, 15) is 0 Å². The Labute approximate surface area is 234 Å². The molecule has 12 heteroatoms. The van der Waals surface area contributed by atoms with E-state index in [0.29, 0.717) is 19.8 Å². The topological polar surface area (TPSA) is 95.2 Å². The number of guanidine groups is 4. The molecule has 0 spiro atoms. The highest BCUT2D eigenvalue weighted by Gasteiger charge is 2.21. The summed E-state index contributed by atoms with van der Waals surface area (Å²) in [6.45, 7) is 7.70. The van der Waals surface area contributed by atoms with Crippen molar-refractivity contribution in [2.24, 2.45) is 20.0 Å². The van der Waals surface area contributed by atoms with Gasteiger partial charge in [0.2, 0.25) is 11.9 Å². The first kappa shape index (κ1) is 27.9. The van der Waals surface area contributed by atoms with Crippen LogP contribution in [-0.2, 0) is 12.8 Å². The van der Waals surface area contributed by atoms with Crippen LogP contribution in [0.3, 0.4) is 0 Å². The van der Waals surface area contributed by atoms with E-state index in [-0.39, 0.29) is 12.1 Å². The molecule has 0 saturated heterocycles. The van der Waals surface area contributed by atoms with Crippen LogP contribution in [0.4, 0.5) is 0 Å². The molecule has 2 aromatic heterocycles. The molecule has 0 radical (unpaired) electrons. The van der Waals surface area contributed by atoms with Gasteiger partial charge in [0.15, 0.2) is 11.9 Å². The summed E-state index contributed by atoms with van der Waals surface area (Å²) in [5, 5.41) is 14.7. The van der Waals surface area contributed by atoms with E-state index in [1.165, 1.54) is 9.75 Å². The standard InChI is InChI=1S/C26H40N10S2/c1-19-16-27-23(32-25(30-19)35(5)12-10-21-8-6-14-37-21)29-18-36(13-11-22-9-7-15-38-22)26-31-20(2)17-28-24(33-26)34(3)4/h6-9,14-15,19-20H,10-13,16-18H2,1-5H3,(H,28,31,33)(H2,27,29,30,32). The maximum Gasteiger partial charge on any atom is 0.202 e. The number of rotatable bonds is 8. The number of thiophene rings is 2. The lowest BCUT2D eigenvalue weighted by Gasteiger charge is -2.29. The Hall–Kier alpha value is -3.12. The molecule has 206 valence electrons. The molecule has 3 N–H and O–H groups in total. The van der Waals surface area contributed by atoms with Crippen molar-refractivity contribution < 1.29 is 0 Å². The predicted octanol–water partition coefficient (Wildman–Crippen LogP) is 2.34. The van der Waals surface area contributed by atoms with E-state index >= 15 is 0 Å². The van der Waals surface area contributed by atoms with Gasteiger partial charge >= 0.3 is 0 Å². The highest BCUT2D eigenvalue weighted by atomic mass is 32.1. The maximum atomic E-state index is 4.96. The molecule has 0 saturated carbocycles. The van der Waals surface area contributed by atoms with Crippen molar-refractivity contribution in [2.45, 2.75) is 38.8 Å². The summed E-state index contributed by atoms with van der Waals surface area (Å²) in [5.41, 5.74) is 0. The summed E-state index contributed by atoms with van der Waals surface area (Å²) < 4.78 is 0. The lowest BCUT2D eigenvalue weighted by Crippen LogP contribution is -2.54. The molecule has 2 aromatic rings. The lowest BCUT2D eigenvalue weighted by atomic mass is 10.3. The molecule has 38 heavy (non-hydrogen) atoms. The van der Waals surface area contributed by atoms with Crippen LogP contribution < -0.4 is 16.0 Å². The van der Waals surface area contributed by atoms with Gasteiger partial charge in [-0.3, -0.25) is 20.6 Å². The molecule has 0 aliphatic carbocycles. The van der Waals surface area contributed by atoms with Crippen LogP contribution in [-0.4, -0.2) is 105 Å². The summed E-state index contributed by atoms with van der Waals surface area (Å²) >= 11 is 3.57. The van der Waals surface area contributed by atoms with Crippen molar-refractivity contribution in [3.05, 3.63) is 44.8 Å². The second-order valence-corrected chi connectivity index (χ2v) is 11.8. The average molecular weight is 557 g/mol. The van der Waals surface area contributed by atoms with E-state index < -0.39 is 0 Å². The predicted molar refractivity (Wildman–Crippen MR) is 162 cm³/mol. The van der Waals surface area contributed by atoms with Crippen LogP contribution >= 0.6 is 22.7 Å². The third-order valence-corrected chi connectivity index (χ3v) is 8.03. The van der Waals surface area contributed by atoms with E-state index in [2.05, 4.69) is 81.7 Å². The van der Waals surface area contributed by atoms with Gasteiger partial charge in [0.25, 0.3) is 0 Å². The van der Waals surface area contributed by atoms with E-state index in [1.807, 2.05) is 19.0 Å². The number of hydrogen-bond acceptors (Lipinski definition) is 12. The van der Waals surface area contributed by atoms with Gasteiger partial charge in [-0.1, -0.05) is 12.1 Å². The zero-order chi connectivity index (χ0) is 26.9. The Kier molecular flexibility index (Phi) is 9.99. The van der Waals surface area contributed by atoms with Gasteiger partial charge in [-0.15, -0.1) is 22.7 Å². The van der Waals surface area contributed by atoms with E-state index in [1.54, 1.807) is 22.7 Å². The quantitative estimate of drug-likeness (QED) is 0.432. The van der Waals surface area contributed by atoms with Crippen LogP contribution in [0, 0.1) is 0 Å². The average Bonchev–Trinajstić information content (AvgIpc) is 3.53. The van der Waals surface area contributed by atoms with Gasteiger partial charge in [-0.05, 0) is 49.6 Å². The zero-order valence-electron chi connectivity index (χ0n) is 23.0. The number of nitrogens with one attached hydrogen (secondary N) is 3. The fourth-order valence-corrected chi connectivity index (χ4v) is 5.36. The van der Waals surface area contributed by atoms with Crippen molar-refractivity contribution >= 4 is 46.5 Å². The molecule has 0 amide bonds. The number of aliphatic imine (C=N–C) groups is 4. The largest absolute Gasteiger partial charge is 0.349 e. The Balaban J connectivity index is 1.44. The summed E-state index contributed by atoms with van der Waals surface area (Å²) in [7, 11) is 6.07. The van der Waals surface area contributed by atoms with Gasteiger partial charge in [0.05, 0.1) is 31.8 Å². The first-order valence-electron chi connectivity index (χ1n) is 13.1. The van der Waals surface area contributed by atoms with Gasteiger partial charge in [0.1, 0.15) is 0 Å². The minimum absolute atomic E-state index is 0.0871. The molecule has 2 aliphatic rings. The SMILES string of the molecule is CC1CN=C(NCN(CCc2cccs2)C2=NC(C)CN=C(N(C)C)N2)NC(N(C)CCc2cccs2)=N1. The molecular weight excluding hydrogens is 516 g/mol. The van der Waals surface area contributed by atoms with Gasteiger partial charge < -0.3 is 20.0 Å². The summed E-state index contributed by atoms with van der Waals surface area (Å²) in [6.07, 6.45) is 1.91. The molecular formula is C26H40N10S2. The number of nitrogens with zero attached hydrogens (tertiary/aromatic N) is 7. The second-order valence-electron chi connectivity index (χ2n) is 9.78. The van der Waals surface area contributed by atoms with Gasteiger partial charge in [-0.2, -0.15) is 0 Å². The number of likely N-dealkylation sites (N-methyl/N-ethyl adjacent to an activating group) is 1. The van der Waals surface area contributed by atoms with Crippen molar-refractivity contribution in [3.8, 4) is 0 Å². The van der Waals surface area contributed by atoms with Crippen LogP contribution in [0.25, 0.3) is 0 Å². The van der Waals surface area contributed by atoms with E-state index in [0.717, 1.165) is 49.8 Å². The number of hydrogen-bond donors (Lipinski definition) is 3. The fourth-order valence-electron chi connectivity index (χ4n) is 3.97. The minimum atomic E-state index is 0.0871. The Morgan fingerprint density at radius 2 is 1.47 bits per heavy atom. The molecule has 0 aromatic carbocycles. The van der Waals surface area contributed by atoms with Crippen LogP contribution in [0.5, 0.6) is 0 Å². The van der Waals surface area contributed by atoms with Crippen LogP contribution in [0.1, 0.15) is 23.6 Å². The highest BCUT2D eigenvalue weighted by molar-refractivity contribution is 7.10. The molecule has 0 bridgehead atoms. The first-order chi connectivity index (χ1) is 18.4. The Morgan fingerprint density at radius 3 is 2.11 bits per heavy atom.